The van der Waals surface area contributed by atoms with Gasteiger partial charge in [-0.15, -0.1) is 0 Å². The molecule has 0 spiro atoms. The van der Waals surface area contributed by atoms with Gasteiger partial charge in [0.1, 0.15) is 11.9 Å². The van der Waals surface area contributed by atoms with Gasteiger partial charge in [-0.25, -0.2) is 4.79 Å². The predicted octanol–water partition coefficient (Wildman–Crippen LogP) is 4.17. The van der Waals surface area contributed by atoms with Crippen LogP contribution in [0.15, 0.2) is 54.7 Å². The average molecular weight is 447 g/mol. The fraction of sp³-hybridized carbons (Fsp3) is 0.385. The summed E-state index contributed by atoms with van der Waals surface area (Å²) < 4.78 is 6.15. The zero-order valence-electron chi connectivity index (χ0n) is 19.0. The van der Waals surface area contributed by atoms with Crippen LogP contribution in [0.4, 0.5) is 10.5 Å². The van der Waals surface area contributed by atoms with Crippen LogP contribution in [-0.4, -0.2) is 78.4 Å². The number of nitrogens with zero attached hydrogens (tertiary/aromatic N) is 4. The summed E-state index contributed by atoms with van der Waals surface area (Å²) in [6, 6.07) is 16.7. The van der Waals surface area contributed by atoms with Crippen molar-refractivity contribution in [2.75, 3.05) is 51.2 Å². The third-order valence-corrected chi connectivity index (χ3v) is 6.75. The van der Waals surface area contributed by atoms with Crippen LogP contribution >= 0.6 is 0 Å². The van der Waals surface area contributed by atoms with E-state index >= 15 is 0 Å². The van der Waals surface area contributed by atoms with Crippen molar-refractivity contribution >= 4 is 22.7 Å². The molecule has 5 rings (SSSR count). The lowest BCUT2D eigenvalue weighted by Crippen LogP contribution is -2.44. The number of hydrogen-bond donors (Lipinski definition) is 1. The van der Waals surface area contributed by atoms with E-state index in [1.54, 1.807) is 0 Å². The smallest absolute Gasteiger partial charge is 0.407 e. The zero-order valence-corrected chi connectivity index (χ0v) is 19.0. The molecule has 0 unspecified atom stereocenters. The van der Waals surface area contributed by atoms with Crippen LogP contribution in [0.2, 0.25) is 0 Å². The van der Waals surface area contributed by atoms with E-state index in [-0.39, 0.29) is 6.10 Å². The maximum absolute atomic E-state index is 11.1. The van der Waals surface area contributed by atoms with Gasteiger partial charge in [0.15, 0.2) is 0 Å². The number of anilines is 1. The summed E-state index contributed by atoms with van der Waals surface area (Å²) in [6.45, 7) is 5.09. The molecule has 0 aliphatic carbocycles. The van der Waals surface area contributed by atoms with E-state index in [4.69, 9.17) is 14.8 Å². The number of amides is 1. The van der Waals surface area contributed by atoms with E-state index in [9.17, 15) is 4.79 Å². The number of piperazine rings is 1. The maximum atomic E-state index is 11.1. The summed E-state index contributed by atoms with van der Waals surface area (Å²) in [5.41, 5.74) is 4.58. The lowest BCUT2D eigenvalue weighted by Gasteiger charge is -2.35. The molecular formula is C26H30N4O3. The largest absolute Gasteiger partial charge is 0.490 e. The van der Waals surface area contributed by atoms with Gasteiger partial charge in [0.2, 0.25) is 0 Å². The topological polar surface area (TPSA) is 69.1 Å². The van der Waals surface area contributed by atoms with Gasteiger partial charge in [0, 0.05) is 69.3 Å². The molecule has 2 fully saturated rings. The first kappa shape index (κ1) is 21.5. The van der Waals surface area contributed by atoms with Gasteiger partial charge in [-0.2, -0.15) is 0 Å². The molecular weight excluding hydrogens is 416 g/mol. The third kappa shape index (κ3) is 4.59. The average Bonchev–Trinajstić information content (AvgIpc) is 2.85. The van der Waals surface area contributed by atoms with Gasteiger partial charge < -0.3 is 24.5 Å². The SMILES string of the molecule is CN1CCN(c2c(-c3ccc(OC4CCN(C(=O)O)CC4)cc3)ccc3cccnc23)CC1. The van der Waals surface area contributed by atoms with Crippen LogP contribution in [0.1, 0.15) is 12.8 Å². The first-order valence-corrected chi connectivity index (χ1v) is 11.6. The van der Waals surface area contributed by atoms with E-state index in [2.05, 4.69) is 47.2 Å². The Bertz CT molecular complexity index is 1120. The van der Waals surface area contributed by atoms with E-state index in [0.717, 1.165) is 61.2 Å². The number of carboxylic acid groups (broad SMARTS) is 1. The minimum atomic E-state index is -0.848. The van der Waals surface area contributed by atoms with E-state index in [0.29, 0.717) is 13.1 Å². The van der Waals surface area contributed by atoms with Crippen molar-refractivity contribution in [3.63, 3.8) is 0 Å². The number of carbonyl (C=O) groups is 1. The molecule has 1 amide bonds. The van der Waals surface area contributed by atoms with Crippen molar-refractivity contribution in [2.24, 2.45) is 0 Å². The fourth-order valence-corrected chi connectivity index (χ4v) is 4.78. The number of rotatable bonds is 4. The molecule has 2 saturated heterocycles. The summed E-state index contributed by atoms with van der Waals surface area (Å²) in [4.78, 5) is 22.1. The Kier molecular flexibility index (Phi) is 6.05. The summed E-state index contributed by atoms with van der Waals surface area (Å²) in [7, 11) is 2.17. The standard InChI is InChI=1S/C26H30N4O3/c1-28-15-17-29(18-16-28)25-23(9-6-20-3-2-12-27-24(20)25)19-4-7-21(8-5-19)33-22-10-13-30(14-11-22)26(31)32/h2-9,12,22H,10-11,13-18H2,1H3,(H,31,32). The molecule has 7 heteroatoms. The molecule has 1 N–H and O–H groups in total. The molecule has 0 saturated carbocycles. The maximum Gasteiger partial charge on any atom is 0.407 e. The zero-order chi connectivity index (χ0) is 22.8. The highest BCUT2D eigenvalue weighted by Gasteiger charge is 2.24. The monoisotopic (exact) mass is 446 g/mol. The van der Waals surface area contributed by atoms with Crippen LogP contribution in [-0.2, 0) is 0 Å². The van der Waals surface area contributed by atoms with Crippen molar-refractivity contribution in [1.82, 2.24) is 14.8 Å². The third-order valence-electron chi connectivity index (χ3n) is 6.75. The van der Waals surface area contributed by atoms with Crippen LogP contribution in [0.5, 0.6) is 5.75 Å². The lowest BCUT2D eigenvalue weighted by atomic mass is 9.99. The van der Waals surface area contributed by atoms with Crippen LogP contribution in [0, 0.1) is 0 Å². The van der Waals surface area contributed by atoms with Gasteiger partial charge in [0.05, 0.1) is 11.2 Å². The molecule has 0 radical (unpaired) electrons. The minimum Gasteiger partial charge on any atom is -0.490 e. The molecule has 2 aliphatic heterocycles. The Morgan fingerprint density at radius 2 is 1.70 bits per heavy atom. The highest BCUT2D eigenvalue weighted by molar-refractivity contribution is 5.99. The number of hydrogen-bond acceptors (Lipinski definition) is 5. The molecule has 2 aliphatic rings. The van der Waals surface area contributed by atoms with Crippen LogP contribution in [0.3, 0.4) is 0 Å². The first-order valence-electron chi connectivity index (χ1n) is 11.6. The molecule has 3 aromatic rings. The second-order valence-electron chi connectivity index (χ2n) is 8.94. The molecule has 172 valence electrons. The Hall–Kier alpha value is -3.32. The summed E-state index contributed by atoms with van der Waals surface area (Å²) in [6.07, 6.45) is 2.52. The summed E-state index contributed by atoms with van der Waals surface area (Å²) in [5.74, 6) is 0.826. The fourth-order valence-electron chi connectivity index (χ4n) is 4.78. The van der Waals surface area contributed by atoms with Gasteiger partial charge in [-0.3, -0.25) is 4.98 Å². The van der Waals surface area contributed by atoms with Crippen molar-refractivity contribution in [1.29, 1.82) is 0 Å². The van der Waals surface area contributed by atoms with E-state index in [1.807, 2.05) is 24.4 Å². The van der Waals surface area contributed by atoms with Crippen molar-refractivity contribution in [3.05, 3.63) is 54.7 Å². The van der Waals surface area contributed by atoms with Gasteiger partial charge in [-0.1, -0.05) is 30.3 Å². The number of pyridine rings is 1. The van der Waals surface area contributed by atoms with Crippen molar-refractivity contribution in [3.8, 4) is 16.9 Å². The molecule has 3 heterocycles. The Balaban J connectivity index is 1.39. The molecule has 0 atom stereocenters. The Morgan fingerprint density at radius 1 is 0.970 bits per heavy atom. The summed E-state index contributed by atoms with van der Waals surface area (Å²) >= 11 is 0. The number of ether oxygens (including phenoxy) is 1. The predicted molar refractivity (Wildman–Crippen MR) is 130 cm³/mol. The van der Waals surface area contributed by atoms with Gasteiger partial charge >= 0.3 is 6.09 Å². The van der Waals surface area contributed by atoms with Crippen molar-refractivity contribution in [2.45, 2.75) is 18.9 Å². The first-order chi connectivity index (χ1) is 16.1. The van der Waals surface area contributed by atoms with Crippen molar-refractivity contribution < 1.29 is 14.6 Å². The van der Waals surface area contributed by atoms with Gasteiger partial charge in [0.25, 0.3) is 0 Å². The number of benzene rings is 2. The lowest BCUT2D eigenvalue weighted by molar-refractivity contribution is 0.0895. The quantitative estimate of drug-likeness (QED) is 0.649. The number of likely N-dealkylation sites (tertiary alicyclic amines) is 1. The van der Waals surface area contributed by atoms with E-state index in [1.165, 1.54) is 16.2 Å². The molecule has 2 aromatic carbocycles. The number of piperidine rings is 1. The highest BCUT2D eigenvalue weighted by Crippen LogP contribution is 2.37. The second-order valence-corrected chi connectivity index (χ2v) is 8.94. The van der Waals surface area contributed by atoms with Crippen LogP contribution < -0.4 is 9.64 Å². The van der Waals surface area contributed by atoms with Crippen LogP contribution in [0.25, 0.3) is 22.0 Å². The molecule has 7 nitrogen and oxygen atoms in total. The van der Waals surface area contributed by atoms with Gasteiger partial charge in [-0.05, 0) is 30.8 Å². The Morgan fingerprint density at radius 3 is 2.39 bits per heavy atom. The number of likely N-dealkylation sites (N-methyl/N-ethyl adjacent to an activating group) is 1. The second kappa shape index (κ2) is 9.27. The molecule has 0 bridgehead atoms. The molecule has 1 aromatic heterocycles. The minimum absolute atomic E-state index is 0.0530. The number of aromatic nitrogens is 1. The highest BCUT2D eigenvalue weighted by atomic mass is 16.5. The number of fused-ring (bicyclic) bond motifs is 1. The molecule has 33 heavy (non-hydrogen) atoms. The normalized spacial score (nSPS) is 18.0. The summed E-state index contributed by atoms with van der Waals surface area (Å²) in [5, 5.41) is 10.3. The van der Waals surface area contributed by atoms with E-state index < -0.39 is 6.09 Å². The Labute approximate surface area is 194 Å².